The van der Waals surface area contributed by atoms with Crippen molar-refractivity contribution in [2.75, 3.05) is 7.11 Å². The van der Waals surface area contributed by atoms with Crippen LogP contribution in [0.15, 0.2) is 53.4 Å². The van der Waals surface area contributed by atoms with Gasteiger partial charge in [0, 0.05) is 17.9 Å². The lowest BCUT2D eigenvalue weighted by Crippen LogP contribution is -2.30. The molecule has 144 valence electrons. The van der Waals surface area contributed by atoms with Gasteiger partial charge in [-0.05, 0) is 47.9 Å². The second-order valence-electron chi connectivity index (χ2n) is 6.75. The summed E-state index contributed by atoms with van der Waals surface area (Å²) in [4.78, 5) is 15.6. The fourth-order valence-corrected chi connectivity index (χ4v) is 3.90. The molecule has 3 aromatic rings. The average Bonchev–Trinajstić information content (AvgIpc) is 3.21. The Morgan fingerprint density at radius 2 is 2.18 bits per heavy atom. The second kappa shape index (κ2) is 7.56. The number of ether oxygens (including phenoxy) is 2. The van der Waals surface area contributed by atoms with Gasteiger partial charge in [-0.2, -0.15) is 0 Å². The van der Waals surface area contributed by atoms with E-state index in [-0.39, 0.29) is 24.3 Å². The molecule has 1 aliphatic heterocycles. The Kier molecular flexibility index (Phi) is 4.96. The zero-order valence-electron chi connectivity index (χ0n) is 15.2. The summed E-state index contributed by atoms with van der Waals surface area (Å²) in [6.45, 7) is 0. The molecule has 6 nitrogen and oxygen atoms in total. The van der Waals surface area contributed by atoms with Crippen LogP contribution < -0.4 is 15.2 Å². The minimum Gasteiger partial charge on any atom is -0.497 e. The van der Waals surface area contributed by atoms with Gasteiger partial charge in [0.1, 0.15) is 17.6 Å². The Balaban J connectivity index is 1.69. The van der Waals surface area contributed by atoms with Crippen LogP contribution in [0.25, 0.3) is 11.3 Å². The zero-order chi connectivity index (χ0) is 19.7. The molecule has 0 saturated heterocycles. The van der Waals surface area contributed by atoms with Crippen LogP contribution in [0.4, 0.5) is 0 Å². The van der Waals surface area contributed by atoms with Gasteiger partial charge in [0.15, 0.2) is 12.2 Å². The second-order valence-corrected chi connectivity index (χ2v) is 7.16. The highest BCUT2D eigenvalue weighted by Gasteiger charge is 2.33. The van der Waals surface area contributed by atoms with E-state index >= 15 is 0 Å². The molecule has 2 aromatic carbocycles. The normalized spacial score (nSPS) is 18.2. The van der Waals surface area contributed by atoms with Crippen LogP contribution in [-0.4, -0.2) is 18.0 Å². The highest BCUT2D eigenvalue weighted by molar-refractivity contribution is 6.33. The number of aromatic nitrogens is 1. The number of benzene rings is 2. The van der Waals surface area contributed by atoms with Crippen LogP contribution in [0.2, 0.25) is 5.02 Å². The van der Waals surface area contributed by atoms with Crippen molar-refractivity contribution in [3.8, 4) is 22.8 Å². The number of amides is 1. The molecule has 0 spiro atoms. The van der Waals surface area contributed by atoms with Crippen LogP contribution in [0.5, 0.6) is 11.5 Å². The van der Waals surface area contributed by atoms with Gasteiger partial charge in [0.05, 0.1) is 18.3 Å². The number of carbonyl (C=O) groups is 1. The smallest absolute Gasteiger partial charge is 0.217 e. The predicted molar refractivity (Wildman–Crippen MR) is 104 cm³/mol. The molecule has 1 amide bonds. The third kappa shape index (κ3) is 3.55. The third-order valence-electron chi connectivity index (χ3n) is 4.91. The van der Waals surface area contributed by atoms with Crippen LogP contribution in [0.1, 0.15) is 23.7 Å². The van der Waals surface area contributed by atoms with E-state index in [9.17, 15) is 4.79 Å². The molecule has 1 aromatic heterocycles. The first-order chi connectivity index (χ1) is 13.5. The summed E-state index contributed by atoms with van der Waals surface area (Å²) in [6.07, 6.45) is 3.49. The van der Waals surface area contributed by atoms with E-state index in [0.29, 0.717) is 17.2 Å². The van der Waals surface area contributed by atoms with E-state index in [4.69, 9.17) is 31.2 Å². The van der Waals surface area contributed by atoms with Gasteiger partial charge in [-0.3, -0.25) is 4.79 Å². The summed E-state index contributed by atoms with van der Waals surface area (Å²) >= 11 is 6.48. The Morgan fingerprint density at radius 1 is 1.32 bits per heavy atom. The van der Waals surface area contributed by atoms with Crippen molar-refractivity contribution in [3.63, 3.8) is 0 Å². The quantitative estimate of drug-likeness (QED) is 0.696. The number of nitrogens with two attached hydrogens (primary N) is 1. The molecule has 4 rings (SSSR count). The van der Waals surface area contributed by atoms with Gasteiger partial charge in [-0.1, -0.05) is 17.7 Å². The number of hydrogen-bond acceptors (Lipinski definition) is 5. The first kappa shape index (κ1) is 18.4. The number of rotatable bonds is 5. The van der Waals surface area contributed by atoms with E-state index in [0.717, 1.165) is 28.2 Å². The lowest BCUT2D eigenvalue weighted by Gasteiger charge is -2.34. The summed E-state index contributed by atoms with van der Waals surface area (Å²) in [6, 6.07) is 11.3. The molecule has 0 aliphatic carbocycles. The summed E-state index contributed by atoms with van der Waals surface area (Å²) in [7, 11) is 1.62. The minimum absolute atomic E-state index is 0.107. The Labute approximate surface area is 167 Å². The summed E-state index contributed by atoms with van der Waals surface area (Å²) in [5.74, 6) is 1.63. The standard InChI is InChI=1S/C21H19ClN2O4/c1-26-15-3-5-18-13(7-15)6-14(9-20(23)25)21(28-18)12-2-4-16(17(22)8-12)19-10-24-11-27-19/h2-5,7-8,10-11,14,21H,6,9H2,1H3,(H2,23,25). The molecule has 28 heavy (non-hydrogen) atoms. The first-order valence-corrected chi connectivity index (χ1v) is 9.23. The molecule has 7 heteroatoms. The van der Waals surface area contributed by atoms with Crippen molar-refractivity contribution in [2.24, 2.45) is 11.7 Å². The van der Waals surface area contributed by atoms with E-state index < -0.39 is 0 Å². The highest BCUT2D eigenvalue weighted by atomic mass is 35.5. The maximum atomic E-state index is 11.7. The molecular formula is C21H19ClN2O4. The van der Waals surface area contributed by atoms with Crippen LogP contribution in [-0.2, 0) is 11.2 Å². The Hall–Kier alpha value is -2.99. The van der Waals surface area contributed by atoms with Gasteiger partial charge in [0.25, 0.3) is 0 Å². The maximum Gasteiger partial charge on any atom is 0.217 e. The van der Waals surface area contributed by atoms with Crippen LogP contribution in [0, 0.1) is 5.92 Å². The number of carbonyl (C=O) groups excluding carboxylic acids is 1. The van der Waals surface area contributed by atoms with Crippen LogP contribution >= 0.6 is 11.6 Å². The van der Waals surface area contributed by atoms with Gasteiger partial charge in [-0.15, -0.1) is 0 Å². The van der Waals surface area contributed by atoms with Gasteiger partial charge in [-0.25, -0.2) is 4.98 Å². The topological polar surface area (TPSA) is 87.6 Å². The minimum atomic E-state index is -0.366. The van der Waals surface area contributed by atoms with E-state index in [1.54, 1.807) is 13.3 Å². The largest absolute Gasteiger partial charge is 0.497 e. The molecular weight excluding hydrogens is 380 g/mol. The summed E-state index contributed by atoms with van der Waals surface area (Å²) in [5.41, 5.74) is 8.11. The summed E-state index contributed by atoms with van der Waals surface area (Å²) < 4.78 is 16.9. The van der Waals surface area contributed by atoms with Crippen LogP contribution in [0.3, 0.4) is 0 Å². The fraction of sp³-hybridized carbons (Fsp3) is 0.238. The monoisotopic (exact) mass is 398 g/mol. The molecule has 0 fully saturated rings. The van der Waals surface area contributed by atoms with Crippen molar-refractivity contribution in [2.45, 2.75) is 18.9 Å². The van der Waals surface area contributed by atoms with Crippen molar-refractivity contribution in [1.29, 1.82) is 0 Å². The van der Waals surface area contributed by atoms with Crippen molar-refractivity contribution >= 4 is 17.5 Å². The maximum absolute atomic E-state index is 11.7. The predicted octanol–water partition coefficient (Wildman–Crippen LogP) is 4.17. The first-order valence-electron chi connectivity index (χ1n) is 8.85. The fourth-order valence-electron chi connectivity index (χ4n) is 3.61. The molecule has 2 atom stereocenters. The lowest BCUT2D eigenvalue weighted by molar-refractivity contribution is -0.119. The molecule has 0 radical (unpaired) electrons. The highest BCUT2D eigenvalue weighted by Crippen LogP contribution is 2.42. The number of oxazole rings is 1. The number of hydrogen-bond donors (Lipinski definition) is 1. The molecule has 2 heterocycles. The number of fused-ring (bicyclic) bond motifs is 1. The van der Waals surface area contributed by atoms with E-state index in [2.05, 4.69) is 4.98 Å². The van der Waals surface area contributed by atoms with Crippen molar-refractivity contribution in [1.82, 2.24) is 4.98 Å². The number of primary amides is 1. The zero-order valence-corrected chi connectivity index (χ0v) is 16.0. The van der Waals surface area contributed by atoms with Gasteiger partial charge < -0.3 is 19.6 Å². The molecule has 1 aliphatic rings. The number of halogens is 1. The van der Waals surface area contributed by atoms with Gasteiger partial charge in [0.2, 0.25) is 5.91 Å². The number of nitrogens with zero attached hydrogens (tertiary/aromatic N) is 1. The SMILES string of the molecule is COc1ccc2c(c1)CC(CC(N)=O)C(c1ccc(-c3cnco3)c(Cl)c1)O2. The van der Waals surface area contributed by atoms with Crippen molar-refractivity contribution in [3.05, 3.63) is 65.1 Å². The Bertz CT molecular complexity index is 1000. The average molecular weight is 399 g/mol. The van der Waals surface area contributed by atoms with E-state index in [1.165, 1.54) is 6.39 Å². The molecule has 0 bridgehead atoms. The van der Waals surface area contributed by atoms with E-state index in [1.807, 2.05) is 36.4 Å². The molecule has 0 saturated carbocycles. The molecule has 2 N–H and O–H groups in total. The summed E-state index contributed by atoms with van der Waals surface area (Å²) in [5, 5.41) is 0.524. The molecule has 2 unspecified atom stereocenters. The lowest BCUT2D eigenvalue weighted by atomic mass is 9.84. The van der Waals surface area contributed by atoms with Gasteiger partial charge >= 0.3 is 0 Å². The number of methoxy groups -OCH3 is 1. The van der Waals surface area contributed by atoms with Crippen molar-refractivity contribution < 1.29 is 18.7 Å². The third-order valence-corrected chi connectivity index (χ3v) is 5.23. The Morgan fingerprint density at radius 3 is 2.86 bits per heavy atom.